The molecule has 196 valence electrons. The number of likely N-dealkylation sites (tertiary alicyclic amines) is 1. The van der Waals surface area contributed by atoms with Gasteiger partial charge in [0, 0.05) is 24.8 Å². The van der Waals surface area contributed by atoms with Crippen molar-refractivity contribution in [3.63, 3.8) is 0 Å². The summed E-state index contributed by atoms with van der Waals surface area (Å²) in [7, 11) is 1.87. The molecule has 9 nitrogen and oxygen atoms in total. The predicted octanol–water partition coefficient (Wildman–Crippen LogP) is 4.94. The highest BCUT2D eigenvalue weighted by atomic mass is 35.5. The molecule has 37 heavy (non-hydrogen) atoms. The molecule has 3 heterocycles. The highest BCUT2D eigenvalue weighted by Gasteiger charge is 2.45. The van der Waals surface area contributed by atoms with Crippen LogP contribution in [0.3, 0.4) is 0 Å². The molecule has 1 saturated carbocycles. The SMILES string of the molecule is CNC1(C(=O)N2CCC(c3cc(F)c(Nc4ncc(Cl)c(Nc5cc(C)[nH]n5)n4)cc3C)CC2)CCC1. The highest BCUT2D eigenvalue weighted by molar-refractivity contribution is 6.32. The topological polar surface area (TPSA) is 111 Å². The number of carbonyl (C=O) groups is 1. The van der Waals surface area contributed by atoms with Crippen LogP contribution in [0.2, 0.25) is 5.02 Å². The molecule has 5 rings (SSSR count). The Bertz CT molecular complexity index is 1290. The van der Waals surface area contributed by atoms with E-state index in [9.17, 15) is 4.79 Å². The van der Waals surface area contributed by atoms with Crippen molar-refractivity contribution in [1.29, 1.82) is 0 Å². The minimum absolute atomic E-state index is 0.208. The normalized spacial score (nSPS) is 17.4. The minimum Gasteiger partial charge on any atom is -0.341 e. The fraction of sp³-hybridized carbons (Fsp3) is 0.462. The summed E-state index contributed by atoms with van der Waals surface area (Å²) in [5.41, 5.74) is 2.77. The van der Waals surface area contributed by atoms with Gasteiger partial charge in [0.1, 0.15) is 10.8 Å². The first-order valence-corrected chi connectivity index (χ1v) is 13.0. The van der Waals surface area contributed by atoms with E-state index in [1.54, 1.807) is 12.1 Å². The molecule has 2 aliphatic rings. The van der Waals surface area contributed by atoms with Crippen molar-refractivity contribution in [2.75, 3.05) is 30.8 Å². The van der Waals surface area contributed by atoms with E-state index < -0.39 is 0 Å². The number of anilines is 4. The number of nitrogens with zero attached hydrogens (tertiary/aromatic N) is 4. The van der Waals surface area contributed by atoms with Gasteiger partial charge in [-0.25, -0.2) is 9.37 Å². The zero-order valence-corrected chi connectivity index (χ0v) is 22.0. The first-order chi connectivity index (χ1) is 17.8. The number of hydrogen-bond acceptors (Lipinski definition) is 7. The van der Waals surface area contributed by atoms with E-state index in [2.05, 4.69) is 36.1 Å². The number of likely N-dealkylation sites (N-methyl/N-ethyl adjacent to an activating group) is 1. The molecule has 1 amide bonds. The molecule has 1 saturated heterocycles. The van der Waals surface area contributed by atoms with Crippen LogP contribution in [0.15, 0.2) is 24.4 Å². The summed E-state index contributed by atoms with van der Waals surface area (Å²) in [6.45, 7) is 5.26. The van der Waals surface area contributed by atoms with Crippen molar-refractivity contribution in [2.45, 2.75) is 57.4 Å². The maximum atomic E-state index is 15.2. The van der Waals surface area contributed by atoms with Crippen molar-refractivity contribution in [1.82, 2.24) is 30.4 Å². The van der Waals surface area contributed by atoms with E-state index in [1.807, 2.05) is 31.9 Å². The van der Waals surface area contributed by atoms with E-state index in [1.165, 1.54) is 6.20 Å². The van der Waals surface area contributed by atoms with Crippen LogP contribution in [-0.2, 0) is 4.79 Å². The largest absolute Gasteiger partial charge is 0.341 e. The second-order valence-electron chi connectivity index (χ2n) is 10.0. The van der Waals surface area contributed by atoms with Gasteiger partial charge < -0.3 is 20.9 Å². The summed E-state index contributed by atoms with van der Waals surface area (Å²) in [5, 5.41) is 16.5. The zero-order chi connectivity index (χ0) is 26.2. The first kappa shape index (κ1) is 25.4. The molecule has 4 N–H and O–H groups in total. The maximum absolute atomic E-state index is 15.2. The molecule has 2 aromatic heterocycles. The standard InChI is InChI=1S/C26H32ClFN8O/c1-15-11-21(31-25-30-14-19(27)23(33-25)32-22-12-16(2)34-35-22)20(28)13-18(15)17-5-9-36(10-6-17)24(37)26(29-3)7-4-8-26/h11-14,17,29H,4-10H2,1-3H3,(H3,30,31,32,33,34,35). The number of aromatic nitrogens is 4. The molecular formula is C26H32ClFN8O. The average molecular weight is 527 g/mol. The Balaban J connectivity index is 1.26. The van der Waals surface area contributed by atoms with Crippen LogP contribution in [0.25, 0.3) is 0 Å². The van der Waals surface area contributed by atoms with Gasteiger partial charge >= 0.3 is 0 Å². The number of amides is 1. The van der Waals surface area contributed by atoms with E-state index in [-0.39, 0.29) is 29.1 Å². The Hall–Kier alpha value is -3.24. The van der Waals surface area contributed by atoms with Gasteiger partial charge in [-0.2, -0.15) is 10.1 Å². The second kappa shape index (κ2) is 10.3. The third-order valence-electron chi connectivity index (χ3n) is 7.62. The highest BCUT2D eigenvalue weighted by Crippen LogP contribution is 2.37. The van der Waals surface area contributed by atoms with Gasteiger partial charge in [0.25, 0.3) is 0 Å². The number of halogens is 2. The van der Waals surface area contributed by atoms with Gasteiger partial charge in [-0.15, -0.1) is 0 Å². The van der Waals surface area contributed by atoms with E-state index >= 15 is 4.39 Å². The molecule has 3 aromatic rings. The lowest BCUT2D eigenvalue weighted by atomic mass is 9.75. The van der Waals surface area contributed by atoms with Gasteiger partial charge in [-0.05, 0) is 82.2 Å². The van der Waals surface area contributed by atoms with Crippen LogP contribution >= 0.6 is 11.6 Å². The molecule has 1 aliphatic carbocycles. The maximum Gasteiger partial charge on any atom is 0.242 e. The molecule has 0 atom stereocenters. The Morgan fingerprint density at radius 2 is 1.95 bits per heavy atom. The molecule has 1 aromatic carbocycles. The Labute approximate surface area is 220 Å². The average Bonchev–Trinajstić information content (AvgIpc) is 3.27. The molecule has 0 radical (unpaired) electrons. The quantitative estimate of drug-likeness (QED) is 0.345. The van der Waals surface area contributed by atoms with Gasteiger partial charge in [-0.3, -0.25) is 9.89 Å². The number of piperidine rings is 1. The summed E-state index contributed by atoms with van der Waals surface area (Å²) in [4.78, 5) is 23.6. The Kier molecular flexibility index (Phi) is 7.04. The first-order valence-electron chi connectivity index (χ1n) is 12.6. The lowest BCUT2D eigenvalue weighted by molar-refractivity contribution is -0.143. The Morgan fingerprint density at radius 1 is 1.19 bits per heavy atom. The fourth-order valence-corrected chi connectivity index (χ4v) is 5.41. The molecule has 0 bridgehead atoms. The van der Waals surface area contributed by atoms with Crippen molar-refractivity contribution in [3.05, 3.63) is 52.1 Å². The van der Waals surface area contributed by atoms with Crippen LogP contribution in [-0.4, -0.2) is 56.6 Å². The number of rotatable bonds is 7. The number of nitrogens with one attached hydrogen (secondary N) is 4. The second-order valence-corrected chi connectivity index (χ2v) is 10.4. The van der Waals surface area contributed by atoms with Crippen LogP contribution < -0.4 is 16.0 Å². The molecule has 1 aliphatic heterocycles. The third kappa shape index (κ3) is 5.13. The van der Waals surface area contributed by atoms with Gasteiger partial charge in [0.15, 0.2) is 11.6 Å². The summed E-state index contributed by atoms with van der Waals surface area (Å²) in [6, 6.07) is 5.21. The van der Waals surface area contributed by atoms with Crippen molar-refractivity contribution in [2.24, 2.45) is 0 Å². The number of carbonyl (C=O) groups excluding carboxylic acids is 1. The smallest absolute Gasteiger partial charge is 0.242 e. The van der Waals surface area contributed by atoms with Gasteiger partial charge in [0.05, 0.1) is 17.4 Å². The predicted molar refractivity (Wildman–Crippen MR) is 142 cm³/mol. The number of aromatic amines is 1. The van der Waals surface area contributed by atoms with E-state index in [4.69, 9.17) is 11.6 Å². The number of H-pyrrole nitrogens is 1. The summed E-state index contributed by atoms with van der Waals surface area (Å²) < 4.78 is 15.2. The fourth-order valence-electron chi connectivity index (χ4n) is 5.27. The van der Waals surface area contributed by atoms with E-state index in [0.717, 1.165) is 48.9 Å². The van der Waals surface area contributed by atoms with Crippen molar-refractivity contribution >= 4 is 40.8 Å². The van der Waals surface area contributed by atoms with Crippen molar-refractivity contribution < 1.29 is 9.18 Å². The van der Waals surface area contributed by atoms with Crippen LogP contribution in [0, 0.1) is 19.7 Å². The van der Waals surface area contributed by atoms with Crippen LogP contribution in [0.5, 0.6) is 0 Å². The lowest BCUT2D eigenvalue weighted by Gasteiger charge is -2.45. The number of hydrogen-bond donors (Lipinski definition) is 4. The third-order valence-corrected chi connectivity index (χ3v) is 7.89. The van der Waals surface area contributed by atoms with Crippen LogP contribution in [0.1, 0.15) is 54.8 Å². The van der Waals surface area contributed by atoms with Gasteiger partial charge in [-0.1, -0.05) is 11.6 Å². The Morgan fingerprint density at radius 3 is 2.57 bits per heavy atom. The molecule has 2 fully saturated rings. The van der Waals surface area contributed by atoms with E-state index in [0.29, 0.717) is 35.4 Å². The summed E-state index contributed by atoms with van der Waals surface area (Å²) >= 11 is 6.24. The number of aryl methyl sites for hydroxylation is 2. The number of benzene rings is 1. The molecule has 0 spiro atoms. The zero-order valence-electron chi connectivity index (χ0n) is 21.3. The molecular weight excluding hydrogens is 495 g/mol. The van der Waals surface area contributed by atoms with Gasteiger partial charge in [0.2, 0.25) is 11.9 Å². The summed E-state index contributed by atoms with van der Waals surface area (Å²) in [6.07, 6.45) is 5.98. The minimum atomic E-state index is -0.377. The van der Waals surface area contributed by atoms with Crippen molar-refractivity contribution in [3.8, 4) is 0 Å². The lowest BCUT2D eigenvalue weighted by Crippen LogP contribution is -2.61. The van der Waals surface area contributed by atoms with Crippen LogP contribution in [0.4, 0.5) is 27.7 Å². The summed E-state index contributed by atoms with van der Waals surface area (Å²) in [5.74, 6) is 1.19. The molecule has 11 heteroatoms. The molecule has 0 unspecified atom stereocenters. The monoisotopic (exact) mass is 526 g/mol.